The Morgan fingerprint density at radius 2 is 2.07 bits per heavy atom. The van der Waals surface area contributed by atoms with Crippen LogP contribution in [-0.2, 0) is 9.59 Å². The molecule has 2 unspecified atom stereocenters. The van der Waals surface area contributed by atoms with Gasteiger partial charge in [0.1, 0.15) is 11.6 Å². The van der Waals surface area contributed by atoms with Crippen LogP contribution in [0.15, 0.2) is 42.5 Å². The Morgan fingerprint density at radius 1 is 1.21 bits per heavy atom. The van der Waals surface area contributed by atoms with E-state index in [4.69, 9.17) is 4.98 Å². The first-order valence-corrected chi connectivity index (χ1v) is 9.91. The summed E-state index contributed by atoms with van der Waals surface area (Å²) in [6, 6.07) is 12.1. The number of fused-ring (bicyclic) bond motifs is 2. The zero-order valence-electron chi connectivity index (χ0n) is 15.8. The lowest BCUT2D eigenvalue weighted by atomic mass is 9.88. The maximum absolute atomic E-state index is 13.6. The number of hydrogen-bond acceptors (Lipinski definition) is 3. The topological polar surface area (TPSA) is 78.1 Å². The number of aromatic amines is 1. The van der Waals surface area contributed by atoms with Crippen molar-refractivity contribution >= 4 is 28.5 Å². The molecular formula is C22H21FN4O2. The number of rotatable bonds is 2. The molecule has 2 aliphatic rings. The smallest absolute Gasteiger partial charge is 0.230 e. The van der Waals surface area contributed by atoms with Crippen molar-refractivity contribution in [3.8, 4) is 0 Å². The number of anilines is 1. The van der Waals surface area contributed by atoms with Crippen molar-refractivity contribution in [3.05, 3.63) is 59.7 Å². The number of nitrogens with one attached hydrogen (secondary N) is 2. The van der Waals surface area contributed by atoms with Crippen molar-refractivity contribution in [1.29, 1.82) is 0 Å². The lowest BCUT2D eigenvalue weighted by Crippen LogP contribution is -2.43. The van der Waals surface area contributed by atoms with E-state index in [1.165, 1.54) is 12.1 Å². The molecule has 148 valence electrons. The van der Waals surface area contributed by atoms with Gasteiger partial charge in [-0.15, -0.1) is 0 Å². The van der Waals surface area contributed by atoms with Gasteiger partial charge in [-0.2, -0.15) is 0 Å². The number of benzene rings is 2. The minimum atomic E-state index is -0.575. The maximum atomic E-state index is 13.6. The van der Waals surface area contributed by atoms with Crippen molar-refractivity contribution in [2.45, 2.75) is 31.1 Å². The normalized spacial score (nSPS) is 21.7. The van der Waals surface area contributed by atoms with Crippen LogP contribution in [0.4, 0.5) is 10.1 Å². The predicted octanol–water partition coefficient (Wildman–Crippen LogP) is 3.53. The van der Waals surface area contributed by atoms with Crippen molar-refractivity contribution in [2.24, 2.45) is 0 Å². The second kappa shape index (κ2) is 6.99. The molecule has 6 nitrogen and oxygen atoms in total. The number of amides is 2. The van der Waals surface area contributed by atoms with Gasteiger partial charge in [0, 0.05) is 31.1 Å². The average molecular weight is 392 g/mol. The molecule has 3 heterocycles. The van der Waals surface area contributed by atoms with Crippen LogP contribution in [-0.4, -0.2) is 39.8 Å². The number of imidazole rings is 1. The Morgan fingerprint density at radius 3 is 2.93 bits per heavy atom. The SMILES string of the molecule is O=C1CC(C(=O)N2CCCC(c3nc4ccccc4[nH]3)C2)c2ccc(F)cc2N1. The van der Waals surface area contributed by atoms with E-state index >= 15 is 0 Å². The number of para-hydroxylation sites is 2. The third-order valence-corrected chi connectivity index (χ3v) is 5.88. The van der Waals surface area contributed by atoms with E-state index in [1.54, 1.807) is 6.07 Å². The van der Waals surface area contributed by atoms with Crippen LogP contribution < -0.4 is 5.32 Å². The Bertz CT molecular complexity index is 1080. The summed E-state index contributed by atoms with van der Waals surface area (Å²) in [7, 11) is 0. The molecule has 7 heteroatoms. The molecule has 2 N–H and O–H groups in total. The molecule has 1 saturated heterocycles. The fourth-order valence-electron chi connectivity index (χ4n) is 4.44. The van der Waals surface area contributed by atoms with Crippen LogP contribution in [0.25, 0.3) is 11.0 Å². The Balaban J connectivity index is 1.39. The molecule has 0 radical (unpaired) electrons. The zero-order valence-corrected chi connectivity index (χ0v) is 15.8. The van der Waals surface area contributed by atoms with Gasteiger partial charge in [0.2, 0.25) is 11.8 Å². The molecule has 0 bridgehead atoms. The van der Waals surface area contributed by atoms with E-state index in [-0.39, 0.29) is 24.2 Å². The monoisotopic (exact) mass is 392 g/mol. The highest BCUT2D eigenvalue weighted by Crippen LogP contribution is 2.36. The molecule has 2 amide bonds. The summed E-state index contributed by atoms with van der Waals surface area (Å²) in [4.78, 5) is 35.3. The standard InChI is InChI=1S/C22H21FN4O2/c23-14-7-8-15-16(11-20(28)24-19(15)10-14)22(29)27-9-3-4-13(12-27)21-25-17-5-1-2-6-18(17)26-21/h1-2,5-8,10,13,16H,3-4,9,11-12H2,(H,24,28)(H,25,26). The van der Waals surface area contributed by atoms with Crippen LogP contribution in [0, 0.1) is 5.82 Å². The first kappa shape index (κ1) is 17.8. The first-order chi connectivity index (χ1) is 14.1. The predicted molar refractivity (Wildman–Crippen MR) is 107 cm³/mol. The summed E-state index contributed by atoms with van der Waals surface area (Å²) in [5.74, 6) is -0.313. The zero-order chi connectivity index (χ0) is 20.0. The van der Waals surface area contributed by atoms with Crippen LogP contribution in [0.2, 0.25) is 0 Å². The molecule has 2 aromatic carbocycles. The molecule has 5 rings (SSSR count). The molecule has 0 aliphatic carbocycles. The highest BCUT2D eigenvalue weighted by atomic mass is 19.1. The van der Waals surface area contributed by atoms with Crippen LogP contribution in [0.1, 0.15) is 42.5 Å². The lowest BCUT2D eigenvalue weighted by molar-refractivity contribution is -0.136. The van der Waals surface area contributed by atoms with E-state index in [1.807, 2.05) is 29.2 Å². The van der Waals surface area contributed by atoms with Gasteiger partial charge in [-0.25, -0.2) is 9.37 Å². The van der Waals surface area contributed by atoms with Crippen molar-refractivity contribution < 1.29 is 14.0 Å². The molecule has 3 aromatic rings. The average Bonchev–Trinajstić information content (AvgIpc) is 3.17. The summed E-state index contributed by atoms with van der Waals surface area (Å²) in [5.41, 5.74) is 2.99. The number of likely N-dealkylation sites (tertiary alicyclic amines) is 1. The Hall–Kier alpha value is -3.22. The van der Waals surface area contributed by atoms with E-state index in [2.05, 4.69) is 10.3 Å². The molecular weight excluding hydrogens is 371 g/mol. The maximum Gasteiger partial charge on any atom is 0.230 e. The van der Waals surface area contributed by atoms with E-state index < -0.39 is 11.7 Å². The van der Waals surface area contributed by atoms with Gasteiger partial charge in [0.25, 0.3) is 0 Å². The van der Waals surface area contributed by atoms with E-state index in [9.17, 15) is 14.0 Å². The summed E-state index contributed by atoms with van der Waals surface area (Å²) in [6.07, 6.45) is 1.92. The molecule has 0 spiro atoms. The number of piperidine rings is 1. The molecule has 1 aromatic heterocycles. The number of aromatic nitrogens is 2. The molecule has 1 fully saturated rings. The number of nitrogens with zero attached hydrogens (tertiary/aromatic N) is 2. The largest absolute Gasteiger partial charge is 0.342 e. The number of carbonyl (C=O) groups is 2. The van der Waals surface area contributed by atoms with Crippen LogP contribution in [0.3, 0.4) is 0 Å². The van der Waals surface area contributed by atoms with Gasteiger partial charge in [0.15, 0.2) is 0 Å². The van der Waals surface area contributed by atoms with E-state index in [0.717, 1.165) is 29.7 Å². The lowest BCUT2D eigenvalue weighted by Gasteiger charge is -2.35. The van der Waals surface area contributed by atoms with Gasteiger partial charge in [-0.1, -0.05) is 18.2 Å². The summed E-state index contributed by atoms with van der Waals surface area (Å²) < 4.78 is 13.6. The van der Waals surface area contributed by atoms with Gasteiger partial charge >= 0.3 is 0 Å². The van der Waals surface area contributed by atoms with Crippen molar-refractivity contribution in [3.63, 3.8) is 0 Å². The number of hydrogen-bond donors (Lipinski definition) is 2. The highest BCUT2D eigenvalue weighted by Gasteiger charge is 2.36. The summed E-state index contributed by atoms with van der Waals surface area (Å²) in [5, 5.41) is 2.67. The van der Waals surface area contributed by atoms with Gasteiger partial charge in [-0.3, -0.25) is 9.59 Å². The Labute approximate surface area is 167 Å². The second-order valence-corrected chi connectivity index (χ2v) is 7.80. The van der Waals surface area contributed by atoms with Crippen molar-refractivity contribution in [2.75, 3.05) is 18.4 Å². The fraction of sp³-hybridized carbons (Fsp3) is 0.318. The number of carbonyl (C=O) groups excluding carboxylic acids is 2. The first-order valence-electron chi connectivity index (χ1n) is 9.91. The third kappa shape index (κ3) is 3.26. The summed E-state index contributed by atoms with van der Waals surface area (Å²) >= 11 is 0. The Kier molecular flexibility index (Phi) is 4.30. The fourth-order valence-corrected chi connectivity index (χ4v) is 4.44. The molecule has 2 aliphatic heterocycles. The van der Waals surface area contributed by atoms with Gasteiger partial charge in [0.05, 0.1) is 17.0 Å². The van der Waals surface area contributed by atoms with Crippen LogP contribution in [0.5, 0.6) is 0 Å². The van der Waals surface area contributed by atoms with Crippen molar-refractivity contribution in [1.82, 2.24) is 14.9 Å². The minimum absolute atomic E-state index is 0.0754. The number of H-pyrrole nitrogens is 1. The quantitative estimate of drug-likeness (QED) is 0.700. The second-order valence-electron chi connectivity index (χ2n) is 7.80. The highest BCUT2D eigenvalue weighted by molar-refractivity contribution is 6.01. The van der Waals surface area contributed by atoms with Gasteiger partial charge < -0.3 is 15.2 Å². The number of halogens is 1. The van der Waals surface area contributed by atoms with E-state index in [0.29, 0.717) is 24.3 Å². The minimum Gasteiger partial charge on any atom is -0.342 e. The van der Waals surface area contributed by atoms with Gasteiger partial charge in [-0.05, 0) is 42.7 Å². The third-order valence-electron chi connectivity index (χ3n) is 5.88. The molecule has 0 saturated carbocycles. The van der Waals surface area contributed by atoms with Crippen LogP contribution >= 0.6 is 0 Å². The molecule has 2 atom stereocenters. The molecule has 29 heavy (non-hydrogen) atoms. The summed E-state index contributed by atoms with van der Waals surface area (Å²) in [6.45, 7) is 1.22.